The second-order valence-corrected chi connectivity index (χ2v) is 8.58. The van der Waals surface area contributed by atoms with Crippen LogP contribution in [0.1, 0.15) is 11.6 Å². The molecule has 8 heteroatoms. The summed E-state index contributed by atoms with van der Waals surface area (Å²) in [5, 5.41) is 0. The van der Waals surface area contributed by atoms with Crippen LogP contribution in [0.15, 0.2) is 48.5 Å². The molecular weight excluding hydrogens is 374 g/mol. The highest BCUT2D eigenvalue weighted by Crippen LogP contribution is 2.27. The van der Waals surface area contributed by atoms with Crippen LogP contribution in [-0.2, 0) is 10.0 Å². The number of hydrogen-bond acceptors (Lipinski definition) is 4. The molecule has 0 bridgehead atoms. The highest BCUT2D eigenvalue weighted by molar-refractivity contribution is 7.89. The van der Waals surface area contributed by atoms with Crippen molar-refractivity contribution in [3.8, 4) is 5.75 Å². The molecule has 0 aromatic heterocycles. The Hall–Kier alpha value is -2.03. The van der Waals surface area contributed by atoms with E-state index in [0.29, 0.717) is 24.4 Å². The molecule has 5 nitrogen and oxygen atoms in total. The maximum atomic E-state index is 14.1. The second-order valence-electron chi connectivity index (χ2n) is 6.49. The zero-order valence-electron chi connectivity index (χ0n) is 15.0. The summed E-state index contributed by atoms with van der Waals surface area (Å²) >= 11 is 0. The molecule has 0 radical (unpaired) electrons. The van der Waals surface area contributed by atoms with Gasteiger partial charge in [0.2, 0.25) is 10.0 Å². The quantitative estimate of drug-likeness (QED) is 0.753. The summed E-state index contributed by atoms with van der Waals surface area (Å²) < 4.78 is 59.2. The van der Waals surface area contributed by atoms with Gasteiger partial charge < -0.3 is 4.74 Å². The number of benzene rings is 2. The molecule has 1 heterocycles. The van der Waals surface area contributed by atoms with Crippen LogP contribution in [0.3, 0.4) is 0 Å². The summed E-state index contributed by atoms with van der Waals surface area (Å²) in [6.07, 6.45) is 0. The van der Waals surface area contributed by atoms with E-state index in [1.807, 2.05) is 11.9 Å². The molecule has 2 aromatic rings. The van der Waals surface area contributed by atoms with Gasteiger partial charge in [-0.1, -0.05) is 18.2 Å². The molecule has 1 saturated heterocycles. The van der Waals surface area contributed by atoms with E-state index in [4.69, 9.17) is 4.74 Å². The first-order valence-corrected chi connectivity index (χ1v) is 10.3. The third-order valence-electron chi connectivity index (χ3n) is 4.69. The molecule has 1 aliphatic rings. The topological polar surface area (TPSA) is 49.9 Å². The minimum Gasteiger partial charge on any atom is -0.492 e. The van der Waals surface area contributed by atoms with Crippen LogP contribution >= 0.6 is 0 Å². The van der Waals surface area contributed by atoms with Crippen molar-refractivity contribution < 1.29 is 21.9 Å². The lowest BCUT2D eigenvalue weighted by Crippen LogP contribution is -2.50. The third-order valence-corrected chi connectivity index (χ3v) is 6.49. The summed E-state index contributed by atoms with van der Waals surface area (Å²) in [6, 6.07) is 11.5. The number of halogens is 2. The Balaban J connectivity index is 1.63. The lowest BCUT2D eigenvalue weighted by Gasteiger charge is -2.39. The van der Waals surface area contributed by atoms with Crippen LogP contribution in [0, 0.1) is 11.6 Å². The monoisotopic (exact) mass is 396 g/mol. The molecule has 2 aromatic carbocycles. The van der Waals surface area contributed by atoms with E-state index in [1.165, 1.54) is 34.6 Å². The molecule has 3 rings (SSSR count). The SMILES string of the molecule is CN1CCN(S(=O)(=O)CCOc2ccc(F)cc2)CC1c1ccccc1F. The van der Waals surface area contributed by atoms with E-state index < -0.39 is 10.0 Å². The smallest absolute Gasteiger partial charge is 0.217 e. The first-order valence-electron chi connectivity index (χ1n) is 8.68. The minimum absolute atomic E-state index is 0.0370. The molecule has 27 heavy (non-hydrogen) atoms. The summed E-state index contributed by atoms with van der Waals surface area (Å²) in [7, 11) is -1.69. The number of ether oxygens (including phenoxy) is 1. The highest BCUT2D eigenvalue weighted by atomic mass is 32.2. The average molecular weight is 396 g/mol. The van der Waals surface area contributed by atoms with Crippen molar-refractivity contribution >= 4 is 10.0 Å². The Kier molecular flexibility index (Phi) is 6.08. The van der Waals surface area contributed by atoms with Crippen LogP contribution in [0.25, 0.3) is 0 Å². The molecule has 146 valence electrons. The lowest BCUT2D eigenvalue weighted by molar-refractivity contribution is 0.145. The van der Waals surface area contributed by atoms with E-state index >= 15 is 0 Å². The van der Waals surface area contributed by atoms with E-state index in [-0.39, 0.29) is 36.6 Å². The van der Waals surface area contributed by atoms with Gasteiger partial charge in [0, 0.05) is 25.2 Å². The number of nitrogens with zero attached hydrogens (tertiary/aromatic N) is 2. The molecule has 0 saturated carbocycles. The van der Waals surface area contributed by atoms with E-state index in [9.17, 15) is 17.2 Å². The molecular formula is C19H22F2N2O3S. The molecule has 0 N–H and O–H groups in total. The van der Waals surface area contributed by atoms with Crippen LogP contribution in [0.2, 0.25) is 0 Å². The predicted molar refractivity (Wildman–Crippen MR) is 99.0 cm³/mol. The largest absolute Gasteiger partial charge is 0.492 e. The first-order chi connectivity index (χ1) is 12.9. The fourth-order valence-electron chi connectivity index (χ4n) is 3.11. The number of rotatable bonds is 6. The highest BCUT2D eigenvalue weighted by Gasteiger charge is 2.33. The summed E-state index contributed by atoms with van der Waals surface area (Å²) in [4.78, 5) is 1.96. The van der Waals surface area contributed by atoms with Crippen LogP contribution in [0.5, 0.6) is 5.75 Å². The Morgan fingerprint density at radius 3 is 2.48 bits per heavy atom. The molecule has 1 fully saturated rings. The average Bonchev–Trinajstić information content (AvgIpc) is 2.64. The number of piperazine rings is 1. The van der Waals surface area contributed by atoms with Crippen LogP contribution < -0.4 is 4.74 Å². The van der Waals surface area contributed by atoms with Crippen molar-refractivity contribution in [2.75, 3.05) is 39.0 Å². The van der Waals surface area contributed by atoms with Crippen LogP contribution in [0.4, 0.5) is 8.78 Å². The first kappa shape index (κ1) is 19.7. The van der Waals surface area contributed by atoms with Crippen molar-refractivity contribution in [2.24, 2.45) is 0 Å². The van der Waals surface area contributed by atoms with Gasteiger partial charge in [-0.25, -0.2) is 17.2 Å². The van der Waals surface area contributed by atoms with Crippen molar-refractivity contribution in [1.29, 1.82) is 0 Å². The van der Waals surface area contributed by atoms with E-state index in [2.05, 4.69) is 0 Å². The molecule has 1 unspecified atom stereocenters. The number of hydrogen-bond donors (Lipinski definition) is 0. The molecule has 1 atom stereocenters. The zero-order valence-corrected chi connectivity index (χ0v) is 15.8. The van der Waals surface area contributed by atoms with Gasteiger partial charge >= 0.3 is 0 Å². The Labute approximate surface area is 158 Å². The molecule has 1 aliphatic heterocycles. The Morgan fingerprint density at radius 1 is 1.07 bits per heavy atom. The molecule has 0 amide bonds. The maximum Gasteiger partial charge on any atom is 0.217 e. The van der Waals surface area contributed by atoms with Crippen molar-refractivity contribution in [3.63, 3.8) is 0 Å². The fraction of sp³-hybridized carbons (Fsp3) is 0.368. The van der Waals surface area contributed by atoms with Gasteiger partial charge in [0.1, 0.15) is 24.0 Å². The van der Waals surface area contributed by atoms with Gasteiger partial charge in [-0.15, -0.1) is 0 Å². The zero-order chi connectivity index (χ0) is 19.4. The Morgan fingerprint density at radius 2 is 1.78 bits per heavy atom. The summed E-state index contributed by atoms with van der Waals surface area (Å²) in [6.45, 7) is 1.01. The fourth-order valence-corrected chi connectivity index (χ4v) is 4.39. The van der Waals surface area contributed by atoms with Crippen molar-refractivity contribution in [3.05, 3.63) is 65.7 Å². The van der Waals surface area contributed by atoms with Crippen LogP contribution in [-0.4, -0.2) is 56.7 Å². The standard InChI is InChI=1S/C19H22F2N2O3S/c1-22-10-11-23(14-19(22)17-4-2-3-5-18(17)21)27(24,25)13-12-26-16-8-6-15(20)7-9-16/h2-9,19H,10-14H2,1H3. The summed E-state index contributed by atoms with van der Waals surface area (Å²) in [5.74, 6) is -0.507. The third kappa shape index (κ3) is 4.82. The Bertz CT molecular complexity index is 875. The van der Waals surface area contributed by atoms with Gasteiger partial charge in [0.05, 0.1) is 11.8 Å². The summed E-state index contributed by atoms with van der Waals surface area (Å²) in [5.41, 5.74) is 0.488. The second kappa shape index (κ2) is 8.33. The van der Waals surface area contributed by atoms with Crippen molar-refractivity contribution in [1.82, 2.24) is 9.21 Å². The number of sulfonamides is 1. The maximum absolute atomic E-state index is 14.1. The van der Waals surface area contributed by atoms with Gasteiger partial charge in [0.15, 0.2) is 0 Å². The predicted octanol–water partition coefficient (Wildman–Crippen LogP) is 2.66. The van der Waals surface area contributed by atoms with Crippen molar-refractivity contribution in [2.45, 2.75) is 6.04 Å². The van der Waals surface area contributed by atoms with E-state index in [0.717, 1.165) is 0 Å². The number of likely N-dealkylation sites (N-methyl/N-ethyl adjacent to an activating group) is 1. The van der Waals surface area contributed by atoms with Gasteiger partial charge in [0.25, 0.3) is 0 Å². The minimum atomic E-state index is -3.55. The van der Waals surface area contributed by atoms with Gasteiger partial charge in [-0.05, 0) is 37.4 Å². The van der Waals surface area contributed by atoms with Gasteiger partial charge in [-0.2, -0.15) is 4.31 Å². The molecule has 0 spiro atoms. The van der Waals surface area contributed by atoms with E-state index in [1.54, 1.807) is 18.2 Å². The normalized spacial score (nSPS) is 19.1. The molecule has 0 aliphatic carbocycles. The van der Waals surface area contributed by atoms with Gasteiger partial charge in [-0.3, -0.25) is 4.90 Å². The lowest BCUT2D eigenvalue weighted by atomic mass is 10.0.